The smallest absolute Gasteiger partial charge is 0.125 e. The Morgan fingerprint density at radius 2 is 2.00 bits per heavy atom. The molecule has 1 rings (SSSR count). The monoisotopic (exact) mass is 234 g/mol. The summed E-state index contributed by atoms with van der Waals surface area (Å²) in [6.45, 7) is 8.70. The molecule has 2 nitrogen and oxygen atoms in total. The minimum Gasteiger partial charge on any atom is -0.493 e. The van der Waals surface area contributed by atoms with Gasteiger partial charge in [0, 0.05) is 5.41 Å². The lowest BCUT2D eigenvalue weighted by atomic mass is 9.90. The van der Waals surface area contributed by atoms with E-state index in [4.69, 9.17) is 4.74 Å². The molecule has 2 heteroatoms. The number of ether oxygens (including phenoxy) is 1. The van der Waals surface area contributed by atoms with Gasteiger partial charge in [0.2, 0.25) is 0 Å². The lowest BCUT2D eigenvalue weighted by Gasteiger charge is -2.16. The van der Waals surface area contributed by atoms with Crippen LogP contribution in [0.15, 0.2) is 18.2 Å². The van der Waals surface area contributed by atoms with Gasteiger partial charge < -0.3 is 9.53 Å². The first kappa shape index (κ1) is 13.8. The van der Waals surface area contributed by atoms with Crippen LogP contribution in [-0.4, -0.2) is 12.9 Å². The molecule has 0 heterocycles. The van der Waals surface area contributed by atoms with Gasteiger partial charge >= 0.3 is 0 Å². The Bertz CT molecular complexity index is 381. The number of aryl methyl sites for hydroxylation is 2. The third-order valence-corrected chi connectivity index (χ3v) is 2.87. The van der Waals surface area contributed by atoms with Crippen molar-refractivity contribution in [2.75, 3.05) is 6.61 Å². The molecule has 0 saturated heterocycles. The minimum absolute atomic E-state index is 0.230. The Kier molecular flexibility index (Phi) is 4.73. The Labute approximate surface area is 104 Å². The third kappa shape index (κ3) is 4.59. The van der Waals surface area contributed by atoms with E-state index < -0.39 is 0 Å². The SMILES string of the molecule is Cc1ccc(OCCCC(C)(C)C=O)c(C)c1. The molecule has 94 valence electrons. The van der Waals surface area contributed by atoms with Crippen molar-refractivity contribution in [2.45, 2.75) is 40.5 Å². The fourth-order valence-electron chi connectivity index (χ4n) is 1.73. The van der Waals surface area contributed by atoms with Crippen LogP contribution in [0.3, 0.4) is 0 Å². The second-order valence-corrected chi connectivity index (χ2v) is 5.33. The highest BCUT2D eigenvalue weighted by Crippen LogP contribution is 2.21. The van der Waals surface area contributed by atoms with Gasteiger partial charge in [-0.25, -0.2) is 0 Å². The van der Waals surface area contributed by atoms with E-state index in [-0.39, 0.29) is 5.41 Å². The van der Waals surface area contributed by atoms with Gasteiger partial charge in [0.05, 0.1) is 6.61 Å². The van der Waals surface area contributed by atoms with Crippen LogP contribution in [0, 0.1) is 19.3 Å². The maximum atomic E-state index is 10.7. The number of hydrogen-bond donors (Lipinski definition) is 0. The van der Waals surface area contributed by atoms with E-state index in [9.17, 15) is 4.79 Å². The normalized spacial score (nSPS) is 11.3. The standard InChI is InChI=1S/C15H22O2/c1-12-6-7-14(13(2)10-12)17-9-5-8-15(3,4)11-16/h6-7,10-11H,5,8-9H2,1-4H3. The van der Waals surface area contributed by atoms with Crippen LogP contribution in [-0.2, 0) is 4.79 Å². The van der Waals surface area contributed by atoms with Crippen molar-refractivity contribution in [3.05, 3.63) is 29.3 Å². The van der Waals surface area contributed by atoms with Crippen LogP contribution in [0.2, 0.25) is 0 Å². The summed E-state index contributed by atoms with van der Waals surface area (Å²) in [5.74, 6) is 0.944. The number of rotatable bonds is 6. The van der Waals surface area contributed by atoms with E-state index in [0.29, 0.717) is 6.61 Å². The van der Waals surface area contributed by atoms with E-state index in [2.05, 4.69) is 26.0 Å². The number of aldehydes is 1. The summed E-state index contributed by atoms with van der Waals surface area (Å²) in [6, 6.07) is 6.18. The minimum atomic E-state index is -0.230. The lowest BCUT2D eigenvalue weighted by molar-refractivity contribution is -0.115. The fourth-order valence-corrected chi connectivity index (χ4v) is 1.73. The van der Waals surface area contributed by atoms with Gasteiger partial charge in [-0.05, 0) is 38.3 Å². The summed E-state index contributed by atoms with van der Waals surface area (Å²) in [7, 11) is 0. The Balaban J connectivity index is 2.39. The van der Waals surface area contributed by atoms with Gasteiger partial charge in [0.1, 0.15) is 12.0 Å². The van der Waals surface area contributed by atoms with Crippen molar-refractivity contribution in [3.8, 4) is 5.75 Å². The first-order valence-electron chi connectivity index (χ1n) is 6.11. The van der Waals surface area contributed by atoms with Crippen LogP contribution >= 0.6 is 0 Å². The third-order valence-electron chi connectivity index (χ3n) is 2.87. The van der Waals surface area contributed by atoms with Crippen molar-refractivity contribution < 1.29 is 9.53 Å². The highest BCUT2D eigenvalue weighted by Gasteiger charge is 2.15. The molecule has 17 heavy (non-hydrogen) atoms. The molecule has 0 bridgehead atoms. The zero-order valence-electron chi connectivity index (χ0n) is 11.2. The number of hydrogen-bond acceptors (Lipinski definition) is 2. The van der Waals surface area contributed by atoms with E-state index in [1.165, 1.54) is 11.1 Å². The van der Waals surface area contributed by atoms with Crippen LogP contribution in [0.1, 0.15) is 37.8 Å². The first-order chi connectivity index (χ1) is 7.94. The van der Waals surface area contributed by atoms with E-state index in [1.807, 2.05) is 19.9 Å². The molecule has 1 aromatic rings. The van der Waals surface area contributed by atoms with Crippen molar-refractivity contribution in [2.24, 2.45) is 5.41 Å². The summed E-state index contributed by atoms with van der Waals surface area (Å²) in [6.07, 6.45) is 2.78. The van der Waals surface area contributed by atoms with Gasteiger partial charge in [-0.3, -0.25) is 0 Å². The maximum absolute atomic E-state index is 10.7. The average molecular weight is 234 g/mol. The number of carbonyl (C=O) groups is 1. The summed E-state index contributed by atoms with van der Waals surface area (Å²) >= 11 is 0. The molecule has 0 aliphatic rings. The summed E-state index contributed by atoms with van der Waals surface area (Å²) < 4.78 is 5.72. The maximum Gasteiger partial charge on any atom is 0.125 e. The van der Waals surface area contributed by atoms with Gasteiger partial charge in [0.25, 0.3) is 0 Å². The number of benzene rings is 1. The molecule has 0 unspecified atom stereocenters. The molecule has 0 fully saturated rings. The van der Waals surface area contributed by atoms with Gasteiger partial charge in [0.15, 0.2) is 0 Å². The highest BCUT2D eigenvalue weighted by molar-refractivity contribution is 5.57. The second-order valence-electron chi connectivity index (χ2n) is 5.33. The lowest BCUT2D eigenvalue weighted by Crippen LogP contribution is -2.14. The summed E-state index contributed by atoms with van der Waals surface area (Å²) in [5, 5.41) is 0. The topological polar surface area (TPSA) is 26.3 Å². The van der Waals surface area contributed by atoms with Crippen molar-refractivity contribution in [3.63, 3.8) is 0 Å². The Morgan fingerprint density at radius 1 is 1.29 bits per heavy atom. The quantitative estimate of drug-likeness (QED) is 0.554. The van der Waals surface area contributed by atoms with Crippen molar-refractivity contribution >= 4 is 6.29 Å². The molecule has 0 aliphatic heterocycles. The molecule has 0 saturated carbocycles. The zero-order valence-corrected chi connectivity index (χ0v) is 11.2. The predicted octanol–water partition coefficient (Wildman–Crippen LogP) is 3.69. The van der Waals surface area contributed by atoms with E-state index in [0.717, 1.165) is 24.9 Å². The van der Waals surface area contributed by atoms with Gasteiger partial charge in [-0.15, -0.1) is 0 Å². The largest absolute Gasteiger partial charge is 0.493 e. The molecule has 1 aromatic carbocycles. The predicted molar refractivity (Wildman–Crippen MR) is 70.5 cm³/mol. The summed E-state index contributed by atoms with van der Waals surface area (Å²) in [4.78, 5) is 10.7. The van der Waals surface area contributed by atoms with Crippen LogP contribution < -0.4 is 4.74 Å². The Morgan fingerprint density at radius 3 is 2.59 bits per heavy atom. The summed E-state index contributed by atoms with van der Waals surface area (Å²) in [5.41, 5.74) is 2.18. The molecular weight excluding hydrogens is 212 g/mol. The van der Waals surface area contributed by atoms with Crippen LogP contribution in [0.4, 0.5) is 0 Å². The van der Waals surface area contributed by atoms with Crippen LogP contribution in [0.5, 0.6) is 5.75 Å². The van der Waals surface area contributed by atoms with Crippen LogP contribution in [0.25, 0.3) is 0 Å². The molecule has 0 aromatic heterocycles. The van der Waals surface area contributed by atoms with Crippen molar-refractivity contribution in [1.82, 2.24) is 0 Å². The van der Waals surface area contributed by atoms with Gasteiger partial charge in [-0.2, -0.15) is 0 Å². The van der Waals surface area contributed by atoms with Crippen molar-refractivity contribution in [1.29, 1.82) is 0 Å². The molecule has 0 amide bonds. The molecule has 0 radical (unpaired) electrons. The molecule has 0 atom stereocenters. The van der Waals surface area contributed by atoms with Gasteiger partial charge in [-0.1, -0.05) is 31.5 Å². The Hall–Kier alpha value is -1.31. The highest BCUT2D eigenvalue weighted by atomic mass is 16.5. The first-order valence-corrected chi connectivity index (χ1v) is 6.11. The van der Waals surface area contributed by atoms with E-state index >= 15 is 0 Å². The fraction of sp³-hybridized carbons (Fsp3) is 0.533. The molecule has 0 aliphatic carbocycles. The van der Waals surface area contributed by atoms with E-state index in [1.54, 1.807) is 0 Å². The molecule has 0 spiro atoms. The molecular formula is C15H22O2. The second kappa shape index (κ2) is 5.85. The average Bonchev–Trinajstić information content (AvgIpc) is 2.27. The molecule has 0 N–H and O–H groups in total. The number of carbonyl (C=O) groups excluding carboxylic acids is 1. The zero-order chi connectivity index (χ0) is 12.9.